The number of rotatable bonds is 5. The number of hydrogen-bond donors (Lipinski definition) is 1. The Bertz CT molecular complexity index is 507. The lowest BCUT2D eigenvalue weighted by molar-refractivity contribution is -0.138. The van der Waals surface area contributed by atoms with Gasteiger partial charge in [-0.15, -0.1) is 11.8 Å². The Kier molecular flexibility index (Phi) is 5.94. The predicted octanol–water partition coefficient (Wildman–Crippen LogP) is 2.44. The molecule has 0 spiro atoms. The minimum absolute atomic E-state index is 0.00235. The Balaban J connectivity index is 1.83. The maximum Gasteiger partial charge on any atom is 0.240 e. The Morgan fingerprint density at radius 3 is 2.67 bits per heavy atom. The highest BCUT2D eigenvalue weighted by Crippen LogP contribution is 2.20. The van der Waals surface area contributed by atoms with Gasteiger partial charge in [0.2, 0.25) is 11.8 Å². The zero-order valence-electron chi connectivity index (χ0n) is 11.8. The van der Waals surface area contributed by atoms with Crippen LogP contribution in [0.5, 0.6) is 0 Å². The molecule has 0 aliphatic carbocycles. The van der Waals surface area contributed by atoms with Gasteiger partial charge in [-0.2, -0.15) is 0 Å². The maximum absolute atomic E-state index is 12.2. The van der Waals surface area contributed by atoms with Crippen molar-refractivity contribution in [1.29, 1.82) is 0 Å². The van der Waals surface area contributed by atoms with Crippen LogP contribution in [-0.2, 0) is 15.3 Å². The fourth-order valence-electron chi connectivity index (χ4n) is 2.45. The molecule has 4 nitrogen and oxygen atoms in total. The van der Waals surface area contributed by atoms with Crippen LogP contribution in [0.4, 0.5) is 0 Å². The number of likely N-dealkylation sites (tertiary alicyclic amines) is 1. The van der Waals surface area contributed by atoms with Gasteiger partial charge >= 0.3 is 0 Å². The Morgan fingerprint density at radius 2 is 2.00 bits per heavy atom. The third-order valence-electron chi connectivity index (χ3n) is 3.56. The molecular formula is C15H19ClN2O2S. The standard InChI is InChI=1S/C15H19ClN2O2S/c16-12-6-4-11(5-7-12)9-21-10-14(19)18-8-2-1-3-13(18)15(17)20/h4-7,13H,1-3,8-10H2,(H2,17,20)/t13-/m0/s1. The third kappa shape index (κ3) is 4.64. The lowest BCUT2D eigenvalue weighted by atomic mass is 10.0. The van der Waals surface area contributed by atoms with Gasteiger partial charge in [0, 0.05) is 17.3 Å². The van der Waals surface area contributed by atoms with Crippen molar-refractivity contribution in [3.8, 4) is 0 Å². The summed E-state index contributed by atoms with van der Waals surface area (Å²) in [4.78, 5) is 25.3. The van der Waals surface area contributed by atoms with Gasteiger partial charge in [-0.05, 0) is 37.0 Å². The molecule has 1 saturated heterocycles. The summed E-state index contributed by atoms with van der Waals surface area (Å²) in [6, 6.07) is 7.15. The van der Waals surface area contributed by atoms with Crippen molar-refractivity contribution < 1.29 is 9.59 Å². The summed E-state index contributed by atoms with van der Waals surface area (Å²) in [7, 11) is 0. The number of hydrogen-bond acceptors (Lipinski definition) is 3. The highest BCUT2D eigenvalue weighted by Gasteiger charge is 2.30. The summed E-state index contributed by atoms with van der Waals surface area (Å²) >= 11 is 7.37. The molecule has 1 aliphatic rings. The summed E-state index contributed by atoms with van der Waals surface area (Å²) in [6.07, 6.45) is 2.58. The minimum Gasteiger partial charge on any atom is -0.368 e. The van der Waals surface area contributed by atoms with Crippen LogP contribution in [0.2, 0.25) is 5.02 Å². The van der Waals surface area contributed by atoms with Crippen molar-refractivity contribution in [2.75, 3.05) is 12.3 Å². The van der Waals surface area contributed by atoms with Crippen LogP contribution in [0.3, 0.4) is 0 Å². The van der Waals surface area contributed by atoms with E-state index in [-0.39, 0.29) is 5.91 Å². The molecule has 2 amide bonds. The van der Waals surface area contributed by atoms with Crippen molar-refractivity contribution in [3.63, 3.8) is 0 Å². The van der Waals surface area contributed by atoms with E-state index < -0.39 is 11.9 Å². The first kappa shape index (κ1) is 16.2. The molecule has 0 radical (unpaired) electrons. The molecule has 0 saturated carbocycles. The van der Waals surface area contributed by atoms with E-state index >= 15 is 0 Å². The summed E-state index contributed by atoms with van der Waals surface area (Å²) in [6.45, 7) is 0.633. The second-order valence-electron chi connectivity index (χ2n) is 5.12. The molecule has 6 heteroatoms. The SMILES string of the molecule is NC(=O)[C@@H]1CCCCN1C(=O)CSCc1ccc(Cl)cc1. The molecule has 0 aromatic heterocycles. The Morgan fingerprint density at radius 1 is 1.29 bits per heavy atom. The number of carbonyl (C=O) groups is 2. The number of amides is 2. The molecule has 1 fully saturated rings. The van der Waals surface area contributed by atoms with Gasteiger partial charge in [-0.3, -0.25) is 9.59 Å². The predicted molar refractivity (Wildman–Crippen MR) is 86.2 cm³/mol. The first-order chi connectivity index (χ1) is 10.1. The molecule has 1 heterocycles. The zero-order valence-corrected chi connectivity index (χ0v) is 13.3. The molecule has 1 aliphatic heterocycles. The normalized spacial score (nSPS) is 18.5. The van der Waals surface area contributed by atoms with Crippen LogP contribution in [0.25, 0.3) is 0 Å². The molecule has 21 heavy (non-hydrogen) atoms. The first-order valence-electron chi connectivity index (χ1n) is 6.99. The van der Waals surface area contributed by atoms with Crippen molar-refractivity contribution in [3.05, 3.63) is 34.9 Å². The maximum atomic E-state index is 12.2. The number of nitrogens with two attached hydrogens (primary N) is 1. The molecule has 114 valence electrons. The van der Waals surface area contributed by atoms with E-state index in [1.807, 2.05) is 24.3 Å². The van der Waals surface area contributed by atoms with E-state index in [0.717, 1.165) is 24.2 Å². The molecule has 1 aromatic carbocycles. The second-order valence-corrected chi connectivity index (χ2v) is 6.54. The summed E-state index contributed by atoms with van der Waals surface area (Å²) in [5.74, 6) is 0.716. The fourth-order valence-corrected chi connectivity index (χ4v) is 3.44. The molecule has 2 N–H and O–H groups in total. The van der Waals surface area contributed by atoms with Crippen LogP contribution in [0.1, 0.15) is 24.8 Å². The van der Waals surface area contributed by atoms with Crippen LogP contribution in [0.15, 0.2) is 24.3 Å². The van der Waals surface area contributed by atoms with Gasteiger partial charge in [0.25, 0.3) is 0 Å². The zero-order chi connectivity index (χ0) is 15.2. The largest absolute Gasteiger partial charge is 0.368 e. The summed E-state index contributed by atoms with van der Waals surface area (Å²) in [5, 5.41) is 0.706. The topological polar surface area (TPSA) is 63.4 Å². The number of piperidine rings is 1. The molecule has 2 rings (SSSR count). The summed E-state index contributed by atoms with van der Waals surface area (Å²) in [5.41, 5.74) is 6.50. The fraction of sp³-hybridized carbons (Fsp3) is 0.467. The average molecular weight is 327 g/mol. The van der Waals surface area contributed by atoms with Crippen LogP contribution >= 0.6 is 23.4 Å². The molecule has 1 atom stereocenters. The second kappa shape index (κ2) is 7.71. The van der Waals surface area contributed by atoms with E-state index in [1.54, 1.807) is 16.7 Å². The minimum atomic E-state index is -0.428. The lowest BCUT2D eigenvalue weighted by Crippen LogP contribution is -2.51. The highest BCUT2D eigenvalue weighted by molar-refractivity contribution is 7.99. The van der Waals surface area contributed by atoms with Crippen LogP contribution in [0, 0.1) is 0 Å². The number of primary amides is 1. The van der Waals surface area contributed by atoms with Crippen molar-refractivity contribution in [2.45, 2.75) is 31.1 Å². The van der Waals surface area contributed by atoms with Gasteiger partial charge in [0.15, 0.2) is 0 Å². The number of thioether (sulfide) groups is 1. The van der Waals surface area contributed by atoms with E-state index in [1.165, 1.54) is 0 Å². The Hall–Kier alpha value is -1.20. The molecular weight excluding hydrogens is 308 g/mol. The van der Waals surface area contributed by atoms with Crippen molar-refractivity contribution >= 4 is 35.2 Å². The third-order valence-corrected chi connectivity index (χ3v) is 4.80. The molecule has 0 bridgehead atoms. The molecule has 0 unspecified atom stereocenters. The van der Waals surface area contributed by atoms with Crippen molar-refractivity contribution in [1.82, 2.24) is 4.90 Å². The van der Waals surface area contributed by atoms with Gasteiger partial charge in [-0.25, -0.2) is 0 Å². The highest BCUT2D eigenvalue weighted by atomic mass is 35.5. The quantitative estimate of drug-likeness (QED) is 0.904. The van der Waals surface area contributed by atoms with Crippen LogP contribution in [-0.4, -0.2) is 35.1 Å². The number of halogens is 1. The Labute approximate surface area is 134 Å². The summed E-state index contributed by atoms with van der Waals surface area (Å²) < 4.78 is 0. The number of carbonyl (C=O) groups excluding carboxylic acids is 2. The molecule has 1 aromatic rings. The number of benzene rings is 1. The lowest BCUT2D eigenvalue weighted by Gasteiger charge is -2.33. The smallest absolute Gasteiger partial charge is 0.240 e. The van der Waals surface area contributed by atoms with E-state index in [9.17, 15) is 9.59 Å². The number of nitrogens with zero attached hydrogens (tertiary/aromatic N) is 1. The van der Waals surface area contributed by atoms with Gasteiger partial charge in [0.1, 0.15) is 6.04 Å². The monoisotopic (exact) mass is 326 g/mol. The van der Waals surface area contributed by atoms with E-state index in [4.69, 9.17) is 17.3 Å². The van der Waals surface area contributed by atoms with Gasteiger partial charge in [-0.1, -0.05) is 23.7 Å². The first-order valence-corrected chi connectivity index (χ1v) is 8.52. The van der Waals surface area contributed by atoms with Gasteiger partial charge in [0.05, 0.1) is 5.75 Å². The van der Waals surface area contributed by atoms with E-state index in [2.05, 4.69) is 0 Å². The van der Waals surface area contributed by atoms with Crippen molar-refractivity contribution in [2.24, 2.45) is 5.73 Å². The van der Waals surface area contributed by atoms with E-state index in [0.29, 0.717) is 23.7 Å². The average Bonchev–Trinajstić information content (AvgIpc) is 2.49. The van der Waals surface area contributed by atoms with Gasteiger partial charge < -0.3 is 10.6 Å². The van der Waals surface area contributed by atoms with Crippen LogP contribution < -0.4 is 5.73 Å².